The third-order valence-corrected chi connectivity index (χ3v) is 4.23. The number of guanidine groups is 1. The van der Waals surface area contributed by atoms with Crippen LogP contribution >= 0.6 is 11.3 Å². The highest BCUT2D eigenvalue weighted by molar-refractivity contribution is 7.15. The van der Waals surface area contributed by atoms with Gasteiger partial charge in [0.05, 0.1) is 5.69 Å². The minimum Gasteiger partial charge on any atom is -0.370 e. The second-order valence-electron chi connectivity index (χ2n) is 5.41. The Morgan fingerprint density at radius 3 is 2.89 bits per heavy atom. The molecule has 5 nitrogen and oxygen atoms in total. The van der Waals surface area contributed by atoms with Gasteiger partial charge in [0.25, 0.3) is 0 Å². The van der Waals surface area contributed by atoms with E-state index in [4.69, 9.17) is 11.5 Å². The lowest BCUT2D eigenvalue weighted by Gasteiger charge is -2.20. The van der Waals surface area contributed by atoms with Crippen LogP contribution in [-0.4, -0.2) is 16.7 Å². The monoisotopic (exact) mass is 280 g/mol. The molecule has 1 unspecified atom stereocenters. The zero-order valence-corrected chi connectivity index (χ0v) is 12.2. The van der Waals surface area contributed by atoms with Crippen molar-refractivity contribution < 1.29 is 4.79 Å². The van der Waals surface area contributed by atoms with Gasteiger partial charge in [-0.2, -0.15) is 4.99 Å². The van der Waals surface area contributed by atoms with Gasteiger partial charge in [0.2, 0.25) is 5.13 Å². The number of aromatic nitrogens is 1. The molecule has 1 aromatic rings. The Balaban J connectivity index is 2.09. The van der Waals surface area contributed by atoms with Gasteiger partial charge in [-0.3, -0.25) is 4.79 Å². The van der Waals surface area contributed by atoms with Crippen molar-refractivity contribution in [3.63, 3.8) is 0 Å². The van der Waals surface area contributed by atoms with Gasteiger partial charge in [-0.25, -0.2) is 4.98 Å². The quantitative estimate of drug-likeness (QED) is 0.649. The van der Waals surface area contributed by atoms with E-state index in [1.807, 2.05) is 0 Å². The van der Waals surface area contributed by atoms with Crippen LogP contribution < -0.4 is 11.5 Å². The average Bonchev–Trinajstić information content (AvgIpc) is 2.67. The molecule has 2 rings (SSSR count). The van der Waals surface area contributed by atoms with Gasteiger partial charge in [0.1, 0.15) is 5.78 Å². The molecule has 0 aliphatic heterocycles. The summed E-state index contributed by atoms with van der Waals surface area (Å²) in [4.78, 5) is 21.7. The molecular weight excluding hydrogens is 260 g/mol. The van der Waals surface area contributed by atoms with Crippen molar-refractivity contribution in [1.82, 2.24) is 4.98 Å². The van der Waals surface area contributed by atoms with Crippen molar-refractivity contribution in [2.24, 2.45) is 28.3 Å². The summed E-state index contributed by atoms with van der Waals surface area (Å²) < 4.78 is 0. The Morgan fingerprint density at radius 2 is 2.26 bits per heavy atom. The zero-order valence-electron chi connectivity index (χ0n) is 11.3. The van der Waals surface area contributed by atoms with Gasteiger partial charge in [-0.15, -0.1) is 0 Å². The zero-order chi connectivity index (χ0) is 14.0. The molecule has 1 atom stereocenters. The van der Waals surface area contributed by atoms with Crippen LogP contribution in [0.25, 0.3) is 0 Å². The van der Waals surface area contributed by atoms with Crippen LogP contribution in [0.1, 0.15) is 37.3 Å². The van der Waals surface area contributed by atoms with E-state index in [1.54, 1.807) is 0 Å². The molecule has 19 heavy (non-hydrogen) atoms. The average molecular weight is 280 g/mol. The highest BCUT2D eigenvalue weighted by Crippen LogP contribution is 2.34. The fourth-order valence-electron chi connectivity index (χ4n) is 2.36. The third kappa shape index (κ3) is 3.53. The van der Waals surface area contributed by atoms with E-state index in [0.29, 0.717) is 23.3 Å². The van der Waals surface area contributed by atoms with Crippen molar-refractivity contribution in [3.05, 3.63) is 10.6 Å². The van der Waals surface area contributed by atoms with Crippen LogP contribution in [0.15, 0.2) is 4.99 Å². The maximum atomic E-state index is 12.1. The van der Waals surface area contributed by atoms with Crippen LogP contribution in [-0.2, 0) is 17.6 Å². The second kappa shape index (κ2) is 5.69. The van der Waals surface area contributed by atoms with Gasteiger partial charge in [-0.05, 0) is 25.2 Å². The summed E-state index contributed by atoms with van der Waals surface area (Å²) in [5.41, 5.74) is 11.8. The number of rotatable bonds is 4. The molecule has 6 heteroatoms. The number of carbonyl (C=O) groups is 1. The van der Waals surface area contributed by atoms with Gasteiger partial charge >= 0.3 is 0 Å². The molecule has 0 radical (unpaired) electrons. The van der Waals surface area contributed by atoms with E-state index < -0.39 is 0 Å². The van der Waals surface area contributed by atoms with E-state index in [9.17, 15) is 4.79 Å². The fourth-order valence-corrected chi connectivity index (χ4v) is 3.44. The number of carbonyl (C=O) groups excluding carboxylic acids is 1. The maximum absolute atomic E-state index is 12.1. The molecule has 0 saturated carbocycles. The number of hydrogen-bond donors (Lipinski definition) is 2. The lowest BCUT2D eigenvalue weighted by molar-refractivity contribution is -0.123. The van der Waals surface area contributed by atoms with Crippen molar-refractivity contribution >= 4 is 28.2 Å². The van der Waals surface area contributed by atoms with Gasteiger partial charge in [0.15, 0.2) is 5.96 Å². The third-order valence-electron chi connectivity index (χ3n) is 3.22. The largest absolute Gasteiger partial charge is 0.370 e. The second-order valence-corrected chi connectivity index (χ2v) is 6.47. The molecule has 104 valence electrons. The van der Waals surface area contributed by atoms with Gasteiger partial charge in [-0.1, -0.05) is 25.2 Å². The van der Waals surface area contributed by atoms with Crippen LogP contribution in [0.3, 0.4) is 0 Å². The first-order valence-electron chi connectivity index (χ1n) is 6.56. The van der Waals surface area contributed by atoms with Gasteiger partial charge in [0, 0.05) is 17.2 Å². The molecule has 0 amide bonds. The highest BCUT2D eigenvalue weighted by Gasteiger charge is 2.27. The Morgan fingerprint density at radius 1 is 1.53 bits per heavy atom. The smallest absolute Gasteiger partial charge is 0.212 e. The summed E-state index contributed by atoms with van der Waals surface area (Å²) >= 11 is 1.49. The maximum Gasteiger partial charge on any atom is 0.212 e. The number of hydrogen-bond acceptors (Lipinski definition) is 4. The fraction of sp³-hybridized carbons (Fsp3) is 0.615. The van der Waals surface area contributed by atoms with E-state index in [1.165, 1.54) is 11.3 Å². The Kier molecular flexibility index (Phi) is 4.19. The minimum atomic E-state index is 0.0264. The molecule has 4 N–H and O–H groups in total. The Bertz CT molecular complexity index is 503. The van der Waals surface area contributed by atoms with Crippen LogP contribution in [0.5, 0.6) is 0 Å². The number of aryl methyl sites for hydroxylation is 1. The van der Waals surface area contributed by atoms with Crippen LogP contribution in [0.2, 0.25) is 0 Å². The van der Waals surface area contributed by atoms with Crippen molar-refractivity contribution in [2.45, 2.75) is 39.5 Å². The van der Waals surface area contributed by atoms with Crippen LogP contribution in [0, 0.1) is 11.8 Å². The van der Waals surface area contributed by atoms with Gasteiger partial charge < -0.3 is 11.5 Å². The number of nitrogens with zero attached hydrogens (tertiary/aromatic N) is 2. The number of ketones is 1. The summed E-state index contributed by atoms with van der Waals surface area (Å²) in [5, 5.41) is 0.599. The molecule has 1 aliphatic rings. The van der Waals surface area contributed by atoms with Crippen molar-refractivity contribution in [2.75, 3.05) is 0 Å². The standard InChI is InChI=1S/C13H20N4OS/c1-7(2)5-10(18)8-3-4-9-11(6-8)19-13(16-9)17-12(14)15/h7-8H,3-6H2,1-2H3,(H4,14,15,16,17). The molecule has 0 fully saturated rings. The predicted molar refractivity (Wildman–Crippen MR) is 77.6 cm³/mol. The number of nitrogens with two attached hydrogens (primary N) is 2. The molecule has 0 spiro atoms. The number of Topliss-reactive ketones (excluding diaryl/α,β-unsaturated/α-hetero) is 1. The molecule has 0 saturated heterocycles. The normalized spacial score (nSPS) is 18.2. The number of aliphatic imine (C=N–C) groups is 1. The minimum absolute atomic E-state index is 0.0264. The molecule has 0 bridgehead atoms. The lowest BCUT2D eigenvalue weighted by Crippen LogP contribution is -2.23. The van der Waals surface area contributed by atoms with Crippen LogP contribution in [0.4, 0.5) is 5.13 Å². The molecule has 1 aromatic heterocycles. The summed E-state index contributed by atoms with van der Waals surface area (Å²) in [7, 11) is 0. The molecule has 1 aliphatic carbocycles. The first kappa shape index (κ1) is 14.0. The van der Waals surface area contributed by atoms with E-state index in [-0.39, 0.29) is 11.9 Å². The number of thiazole rings is 1. The predicted octanol–water partition coefficient (Wildman–Crippen LogP) is 1.77. The van der Waals surface area contributed by atoms with E-state index in [0.717, 1.165) is 29.8 Å². The highest BCUT2D eigenvalue weighted by atomic mass is 32.1. The lowest BCUT2D eigenvalue weighted by atomic mass is 9.85. The van der Waals surface area contributed by atoms with E-state index >= 15 is 0 Å². The van der Waals surface area contributed by atoms with E-state index in [2.05, 4.69) is 23.8 Å². The summed E-state index contributed by atoms with van der Waals surface area (Å²) in [6.45, 7) is 4.16. The molecule has 1 heterocycles. The first-order valence-corrected chi connectivity index (χ1v) is 7.38. The Labute approximate surface area is 117 Å². The number of fused-ring (bicyclic) bond motifs is 1. The topological polar surface area (TPSA) is 94.4 Å². The molecule has 0 aromatic carbocycles. The Hall–Kier alpha value is -1.43. The SMILES string of the molecule is CC(C)CC(=O)C1CCc2nc(N=C(N)N)sc2C1. The summed E-state index contributed by atoms with van der Waals surface area (Å²) in [6, 6.07) is 0. The molecular formula is C13H20N4OS. The van der Waals surface area contributed by atoms with Crippen molar-refractivity contribution in [3.8, 4) is 0 Å². The first-order chi connectivity index (χ1) is 8.95. The summed E-state index contributed by atoms with van der Waals surface area (Å²) in [5.74, 6) is 0.964. The van der Waals surface area contributed by atoms with Crippen molar-refractivity contribution in [1.29, 1.82) is 0 Å². The summed E-state index contributed by atoms with van der Waals surface area (Å²) in [6.07, 6.45) is 3.20.